The van der Waals surface area contributed by atoms with Crippen LogP contribution in [0.1, 0.15) is 13.8 Å². The van der Waals surface area contributed by atoms with Crippen molar-refractivity contribution < 1.29 is 27.1 Å². The molecule has 0 aromatic rings. The maximum Gasteiger partial charge on any atom is 0.431 e. The largest absolute Gasteiger partial charge is 0.431 e. The second kappa shape index (κ2) is 4.08. The number of hydrogen-bond donors (Lipinski definition) is 0. The topological polar surface area (TPSA) is 26.3 Å². The lowest BCUT2D eigenvalue weighted by molar-refractivity contribution is -0.260. The zero-order chi connectivity index (χ0) is 11.6. The van der Waals surface area contributed by atoms with Gasteiger partial charge in [0, 0.05) is 0 Å². The van der Waals surface area contributed by atoms with E-state index in [9.17, 15) is 22.4 Å². The summed E-state index contributed by atoms with van der Waals surface area (Å²) in [5, 5.41) is 0. The Bertz CT molecular complexity index is 234. The number of aldehydes is 1. The van der Waals surface area contributed by atoms with Crippen LogP contribution in [0.25, 0.3) is 0 Å². The molecule has 0 saturated heterocycles. The van der Waals surface area contributed by atoms with Gasteiger partial charge < -0.3 is 4.74 Å². The molecule has 0 radical (unpaired) electrons. The van der Waals surface area contributed by atoms with Crippen molar-refractivity contribution in [3.63, 3.8) is 0 Å². The van der Waals surface area contributed by atoms with Gasteiger partial charge in [0.2, 0.25) is 0 Å². The molecular weight excluding hydrogens is 204 g/mol. The molecule has 0 aliphatic rings. The van der Waals surface area contributed by atoms with Crippen LogP contribution in [-0.4, -0.2) is 24.2 Å². The summed E-state index contributed by atoms with van der Waals surface area (Å²) in [6.45, 7) is 4.99. The molecule has 0 bridgehead atoms. The summed E-state index contributed by atoms with van der Waals surface area (Å²) in [5.41, 5.74) is -3.54. The van der Waals surface area contributed by atoms with Gasteiger partial charge >= 0.3 is 6.18 Å². The minimum atomic E-state index is -5.15. The smallest absolute Gasteiger partial charge is 0.350 e. The van der Waals surface area contributed by atoms with Crippen LogP contribution < -0.4 is 0 Å². The minimum Gasteiger partial charge on any atom is -0.350 e. The predicted molar refractivity (Wildman–Crippen MR) is 41.3 cm³/mol. The SMILES string of the molecule is C=C(F)C(C=O)(OC(C)C)C(F)(F)F. The number of carbonyl (C=O) groups excluding carboxylic acids is 1. The summed E-state index contributed by atoms with van der Waals surface area (Å²) in [4.78, 5) is 10.3. The number of carbonyl (C=O) groups is 1. The highest BCUT2D eigenvalue weighted by atomic mass is 19.4. The molecule has 0 spiro atoms. The fourth-order valence-corrected chi connectivity index (χ4v) is 0.815. The molecule has 14 heavy (non-hydrogen) atoms. The molecule has 0 saturated carbocycles. The Morgan fingerprint density at radius 3 is 1.93 bits per heavy atom. The molecular formula is C8H10F4O2. The minimum absolute atomic E-state index is 0.630. The second-order valence-corrected chi connectivity index (χ2v) is 2.92. The molecule has 0 aromatic carbocycles. The van der Waals surface area contributed by atoms with Crippen molar-refractivity contribution in [2.24, 2.45) is 0 Å². The van der Waals surface area contributed by atoms with E-state index in [1.807, 2.05) is 0 Å². The van der Waals surface area contributed by atoms with Crippen molar-refractivity contribution in [1.82, 2.24) is 0 Å². The third-order valence-electron chi connectivity index (χ3n) is 1.41. The van der Waals surface area contributed by atoms with Gasteiger partial charge in [0.15, 0.2) is 6.29 Å². The van der Waals surface area contributed by atoms with E-state index in [1.54, 1.807) is 0 Å². The van der Waals surface area contributed by atoms with E-state index in [-0.39, 0.29) is 0 Å². The van der Waals surface area contributed by atoms with E-state index in [2.05, 4.69) is 11.3 Å². The van der Waals surface area contributed by atoms with E-state index >= 15 is 0 Å². The molecule has 0 aliphatic heterocycles. The average molecular weight is 214 g/mol. The van der Waals surface area contributed by atoms with E-state index in [0.29, 0.717) is 0 Å². The van der Waals surface area contributed by atoms with Gasteiger partial charge in [-0.15, -0.1) is 0 Å². The van der Waals surface area contributed by atoms with Crippen LogP contribution in [0, 0.1) is 0 Å². The lowest BCUT2D eigenvalue weighted by Crippen LogP contribution is -2.51. The lowest BCUT2D eigenvalue weighted by atomic mass is 10.0. The van der Waals surface area contributed by atoms with Gasteiger partial charge in [0.25, 0.3) is 5.60 Å². The molecule has 2 nitrogen and oxygen atoms in total. The molecule has 0 fully saturated rings. The molecule has 0 aromatic heterocycles. The normalized spacial score (nSPS) is 16.5. The van der Waals surface area contributed by atoms with Gasteiger partial charge in [0.1, 0.15) is 5.83 Å². The van der Waals surface area contributed by atoms with E-state index < -0.39 is 30.0 Å². The summed E-state index contributed by atoms with van der Waals surface area (Å²) in [5.74, 6) is -1.87. The first-order valence-corrected chi connectivity index (χ1v) is 3.73. The molecule has 1 unspecified atom stereocenters. The second-order valence-electron chi connectivity index (χ2n) is 2.92. The van der Waals surface area contributed by atoms with Crippen LogP contribution in [0.4, 0.5) is 17.6 Å². The van der Waals surface area contributed by atoms with Crippen molar-refractivity contribution >= 4 is 6.29 Å². The average Bonchev–Trinajstić information content (AvgIpc) is 1.96. The molecule has 0 rings (SSSR count). The van der Waals surface area contributed by atoms with Crippen molar-refractivity contribution in [3.8, 4) is 0 Å². The Kier molecular flexibility index (Phi) is 3.81. The van der Waals surface area contributed by atoms with E-state index in [0.717, 1.165) is 0 Å². The van der Waals surface area contributed by atoms with Crippen LogP contribution in [-0.2, 0) is 9.53 Å². The number of halogens is 4. The van der Waals surface area contributed by atoms with Crippen LogP contribution in [0.5, 0.6) is 0 Å². The van der Waals surface area contributed by atoms with Crippen molar-refractivity contribution in [2.75, 3.05) is 0 Å². The van der Waals surface area contributed by atoms with Gasteiger partial charge in [-0.1, -0.05) is 6.58 Å². The number of ether oxygens (including phenoxy) is 1. The third kappa shape index (κ3) is 2.31. The van der Waals surface area contributed by atoms with E-state index in [1.165, 1.54) is 13.8 Å². The Hall–Kier alpha value is -0.910. The van der Waals surface area contributed by atoms with Crippen LogP contribution in [0.3, 0.4) is 0 Å². The molecule has 1 atom stereocenters. The number of rotatable bonds is 4. The fraction of sp³-hybridized carbons (Fsp3) is 0.625. The molecule has 0 heterocycles. The zero-order valence-electron chi connectivity index (χ0n) is 7.69. The van der Waals surface area contributed by atoms with Crippen LogP contribution in [0.15, 0.2) is 12.4 Å². The van der Waals surface area contributed by atoms with Crippen LogP contribution in [0.2, 0.25) is 0 Å². The highest BCUT2D eigenvalue weighted by molar-refractivity contribution is 5.69. The maximum atomic E-state index is 12.6. The van der Waals surface area contributed by atoms with Crippen LogP contribution >= 0.6 is 0 Å². The predicted octanol–water partition coefficient (Wildman–Crippen LogP) is 2.39. The highest BCUT2D eigenvalue weighted by Crippen LogP contribution is 2.38. The third-order valence-corrected chi connectivity index (χ3v) is 1.41. The first-order valence-electron chi connectivity index (χ1n) is 3.73. The molecule has 0 aliphatic carbocycles. The molecule has 6 heteroatoms. The van der Waals surface area contributed by atoms with Gasteiger partial charge in [-0.2, -0.15) is 13.2 Å². The van der Waals surface area contributed by atoms with Gasteiger partial charge in [-0.3, -0.25) is 4.79 Å². The number of hydrogen-bond acceptors (Lipinski definition) is 2. The van der Waals surface area contributed by atoms with Crippen molar-refractivity contribution in [1.29, 1.82) is 0 Å². The fourth-order valence-electron chi connectivity index (χ4n) is 0.815. The summed E-state index contributed by atoms with van der Waals surface area (Å²) in [6, 6.07) is 0. The van der Waals surface area contributed by atoms with Gasteiger partial charge in [0.05, 0.1) is 6.10 Å². The summed E-state index contributed by atoms with van der Waals surface area (Å²) >= 11 is 0. The number of alkyl halides is 3. The first-order chi connectivity index (χ1) is 6.17. The Balaban J connectivity index is 5.21. The Morgan fingerprint density at radius 1 is 1.43 bits per heavy atom. The standard InChI is InChI=1S/C8H10F4O2/c1-5(2)14-7(4-13,6(3)9)8(10,11)12/h4-5H,3H2,1-2H3. The Labute approximate surface area is 78.5 Å². The summed E-state index contributed by atoms with van der Waals surface area (Å²) in [7, 11) is 0. The quantitative estimate of drug-likeness (QED) is 0.530. The summed E-state index contributed by atoms with van der Waals surface area (Å²) < 4.78 is 53.8. The molecule has 82 valence electrons. The highest BCUT2D eigenvalue weighted by Gasteiger charge is 2.60. The monoisotopic (exact) mass is 214 g/mol. The lowest BCUT2D eigenvalue weighted by Gasteiger charge is -2.30. The van der Waals surface area contributed by atoms with Crippen molar-refractivity contribution in [2.45, 2.75) is 31.7 Å². The Morgan fingerprint density at radius 2 is 1.86 bits per heavy atom. The summed E-state index contributed by atoms with van der Waals surface area (Å²) in [6.07, 6.45) is -6.73. The maximum absolute atomic E-state index is 12.6. The molecule has 0 amide bonds. The van der Waals surface area contributed by atoms with Gasteiger partial charge in [-0.05, 0) is 13.8 Å². The first kappa shape index (κ1) is 13.1. The van der Waals surface area contributed by atoms with Crippen molar-refractivity contribution in [3.05, 3.63) is 12.4 Å². The van der Waals surface area contributed by atoms with E-state index in [4.69, 9.17) is 0 Å². The molecule has 0 N–H and O–H groups in total. The zero-order valence-corrected chi connectivity index (χ0v) is 7.69. The van der Waals surface area contributed by atoms with Gasteiger partial charge in [-0.25, -0.2) is 4.39 Å².